The fourth-order valence-corrected chi connectivity index (χ4v) is 3.50. The summed E-state index contributed by atoms with van der Waals surface area (Å²) in [6, 6.07) is 6.58. The molecule has 0 fully saturated rings. The molecule has 1 aromatic rings. The topological polar surface area (TPSA) is 38.3 Å². The van der Waals surface area contributed by atoms with Gasteiger partial charge in [0.1, 0.15) is 0 Å². The van der Waals surface area contributed by atoms with E-state index in [4.69, 9.17) is 4.74 Å². The SMILES string of the molecule is CNC(CS(=O)CCCOC)c1ccc(C)cc1C. The fraction of sp³-hybridized carbons (Fsp3) is 0.600. The molecule has 1 aromatic carbocycles. The number of rotatable bonds is 8. The number of aryl methyl sites for hydroxylation is 2. The maximum Gasteiger partial charge on any atom is 0.0471 e. The summed E-state index contributed by atoms with van der Waals surface area (Å²) in [4.78, 5) is 0. The summed E-state index contributed by atoms with van der Waals surface area (Å²) < 4.78 is 17.0. The van der Waals surface area contributed by atoms with Crippen LogP contribution in [-0.4, -0.2) is 36.5 Å². The minimum atomic E-state index is -0.808. The lowest BCUT2D eigenvalue weighted by Gasteiger charge is -2.19. The molecule has 4 heteroatoms. The molecule has 19 heavy (non-hydrogen) atoms. The molecule has 1 N–H and O–H groups in total. The first kappa shape index (κ1) is 16.3. The molecule has 0 aliphatic carbocycles. The quantitative estimate of drug-likeness (QED) is 0.744. The molecule has 108 valence electrons. The normalized spacial score (nSPS) is 14.3. The van der Waals surface area contributed by atoms with Crippen LogP contribution in [0.15, 0.2) is 18.2 Å². The Kier molecular flexibility index (Phi) is 7.28. The van der Waals surface area contributed by atoms with Crippen LogP contribution in [0.25, 0.3) is 0 Å². The Bertz CT molecular complexity index is 421. The maximum atomic E-state index is 12.1. The summed E-state index contributed by atoms with van der Waals surface area (Å²) in [6.07, 6.45) is 0.854. The van der Waals surface area contributed by atoms with Crippen molar-refractivity contribution >= 4 is 10.8 Å². The van der Waals surface area contributed by atoms with Gasteiger partial charge in [0.2, 0.25) is 0 Å². The van der Waals surface area contributed by atoms with E-state index >= 15 is 0 Å². The van der Waals surface area contributed by atoms with Crippen molar-refractivity contribution in [2.24, 2.45) is 0 Å². The lowest BCUT2D eigenvalue weighted by molar-refractivity contribution is 0.200. The van der Waals surface area contributed by atoms with Gasteiger partial charge in [0.15, 0.2) is 0 Å². The Morgan fingerprint density at radius 1 is 1.37 bits per heavy atom. The standard InChI is InChI=1S/C15H25NO2S/c1-12-6-7-14(13(2)10-12)15(16-3)11-19(17)9-5-8-18-4/h6-7,10,15-16H,5,8-9,11H2,1-4H3. The maximum absolute atomic E-state index is 12.1. The Hall–Kier alpha value is -0.710. The largest absolute Gasteiger partial charge is 0.385 e. The number of hydrogen-bond acceptors (Lipinski definition) is 3. The van der Waals surface area contributed by atoms with Gasteiger partial charge in [-0.3, -0.25) is 4.21 Å². The van der Waals surface area contributed by atoms with E-state index in [0.717, 1.165) is 6.42 Å². The van der Waals surface area contributed by atoms with Crippen molar-refractivity contribution in [3.05, 3.63) is 34.9 Å². The zero-order valence-corrected chi connectivity index (χ0v) is 13.2. The predicted molar refractivity (Wildman–Crippen MR) is 82.1 cm³/mol. The van der Waals surface area contributed by atoms with E-state index < -0.39 is 10.8 Å². The van der Waals surface area contributed by atoms with Crippen LogP contribution in [0.4, 0.5) is 0 Å². The third-order valence-corrected chi connectivity index (χ3v) is 4.67. The van der Waals surface area contributed by atoms with Gasteiger partial charge in [-0.05, 0) is 38.4 Å². The zero-order valence-electron chi connectivity index (χ0n) is 12.4. The summed E-state index contributed by atoms with van der Waals surface area (Å²) >= 11 is 0. The van der Waals surface area contributed by atoms with Crippen molar-refractivity contribution in [1.82, 2.24) is 5.32 Å². The van der Waals surface area contributed by atoms with E-state index in [2.05, 4.69) is 37.4 Å². The molecule has 0 radical (unpaired) electrons. The molecule has 0 amide bonds. The molecule has 2 atom stereocenters. The van der Waals surface area contributed by atoms with Crippen LogP contribution in [0.1, 0.15) is 29.2 Å². The Labute approximate surface area is 119 Å². The van der Waals surface area contributed by atoms with Gasteiger partial charge >= 0.3 is 0 Å². The first-order valence-corrected chi connectivity index (χ1v) is 8.15. The molecule has 0 bridgehead atoms. The molecule has 2 unspecified atom stereocenters. The summed E-state index contributed by atoms with van der Waals surface area (Å²) in [5.74, 6) is 1.36. The molecule has 0 aromatic heterocycles. The molecule has 0 aliphatic rings. The van der Waals surface area contributed by atoms with Crippen LogP contribution >= 0.6 is 0 Å². The minimum Gasteiger partial charge on any atom is -0.385 e. The summed E-state index contributed by atoms with van der Waals surface area (Å²) in [5, 5.41) is 3.28. The summed E-state index contributed by atoms with van der Waals surface area (Å²) in [5.41, 5.74) is 3.76. The molecular weight excluding hydrogens is 258 g/mol. The van der Waals surface area contributed by atoms with Crippen LogP contribution in [0, 0.1) is 13.8 Å². The summed E-state index contributed by atoms with van der Waals surface area (Å²) in [7, 11) is 2.79. The van der Waals surface area contributed by atoms with Gasteiger partial charge in [0, 0.05) is 42.1 Å². The van der Waals surface area contributed by atoms with Crippen molar-refractivity contribution in [3.63, 3.8) is 0 Å². The second-order valence-electron chi connectivity index (χ2n) is 4.86. The molecule has 0 spiro atoms. The van der Waals surface area contributed by atoms with Crippen LogP contribution in [0.2, 0.25) is 0 Å². The zero-order chi connectivity index (χ0) is 14.3. The van der Waals surface area contributed by atoms with E-state index in [1.165, 1.54) is 16.7 Å². The van der Waals surface area contributed by atoms with Crippen molar-refractivity contribution in [3.8, 4) is 0 Å². The monoisotopic (exact) mass is 283 g/mol. The van der Waals surface area contributed by atoms with E-state index in [-0.39, 0.29) is 6.04 Å². The highest BCUT2D eigenvalue weighted by atomic mass is 32.2. The number of methoxy groups -OCH3 is 1. The Morgan fingerprint density at radius 3 is 2.68 bits per heavy atom. The first-order valence-electron chi connectivity index (χ1n) is 6.66. The van der Waals surface area contributed by atoms with Crippen molar-refractivity contribution < 1.29 is 8.95 Å². The Balaban J connectivity index is 2.64. The highest BCUT2D eigenvalue weighted by Gasteiger charge is 2.15. The molecule has 3 nitrogen and oxygen atoms in total. The second kappa shape index (κ2) is 8.46. The van der Waals surface area contributed by atoms with E-state index in [1.807, 2.05) is 7.05 Å². The predicted octanol–water partition coefficient (Wildman–Crippen LogP) is 2.35. The average Bonchev–Trinajstić information content (AvgIpc) is 2.37. The van der Waals surface area contributed by atoms with E-state index in [9.17, 15) is 4.21 Å². The van der Waals surface area contributed by atoms with Gasteiger partial charge < -0.3 is 10.1 Å². The lowest BCUT2D eigenvalue weighted by Crippen LogP contribution is -2.24. The molecule has 0 saturated heterocycles. The smallest absolute Gasteiger partial charge is 0.0471 e. The van der Waals surface area contributed by atoms with Crippen LogP contribution in [0.3, 0.4) is 0 Å². The summed E-state index contributed by atoms with van der Waals surface area (Å²) in [6.45, 7) is 4.88. The molecule has 0 heterocycles. The second-order valence-corrected chi connectivity index (χ2v) is 6.48. The van der Waals surface area contributed by atoms with Crippen LogP contribution < -0.4 is 5.32 Å². The third-order valence-electron chi connectivity index (χ3n) is 3.22. The molecule has 1 rings (SSSR count). The minimum absolute atomic E-state index is 0.156. The average molecular weight is 283 g/mol. The highest BCUT2D eigenvalue weighted by Crippen LogP contribution is 2.19. The molecule has 0 aliphatic heterocycles. The van der Waals surface area contributed by atoms with Gasteiger partial charge in [0.25, 0.3) is 0 Å². The van der Waals surface area contributed by atoms with Crippen LogP contribution in [0.5, 0.6) is 0 Å². The lowest BCUT2D eigenvalue weighted by atomic mass is 10.0. The number of ether oxygens (including phenoxy) is 1. The van der Waals surface area contributed by atoms with Gasteiger partial charge in [-0.1, -0.05) is 23.8 Å². The highest BCUT2D eigenvalue weighted by molar-refractivity contribution is 7.85. The van der Waals surface area contributed by atoms with Crippen molar-refractivity contribution in [1.29, 1.82) is 0 Å². The van der Waals surface area contributed by atoms with Gasteiger partial charge in [0.05, 0.1) is 0 Å². The Morgan fingerprint density at radius 2 is 2.11 bits per heavy atom. The third kappa shape index (κ3) is 5.43. The number of benzene rings is 1. The number of nitrogens with one attached hydrogen (secondary N) is 1. The van der Waals surface area contributed by atoms with Gasteiger partial charge in [-0.25, -0.2) is 0 Å². The van der Waals surface area contributed by atoms with Crippen molar-refractivity contribution in [2.75, 3.05) is 32.3 Å². The van der Waals surface area contributed by atoms with Crippen LogP contribution in [-0.2, 0) is 15.5 Å². The first-order chi connectivity index (χ1) is 9.08. The molecule has 0 saturated carbocycles. The number of hydrogen-bond donors (Lipinski definition) is 1. The van der Waals surface area contributed by atoms with E-state index in [0.29, 0.717) is 18.1 Å². The van der Waals surface area contributed by atoms with Gasteiger partial charge in [-0.2, -0.15) is 0 Å². The van der Waals surface area contributed by atoms with Gasteiger partial charge in [-0.15, -0.1) is 0 Å². The van der Waals surface area contributed by atoms with Crippen molar-refractivity contribution in [2.45, 2.75) is 26.3 Å². The fourth-order valence-electron chi connectivity index (χ4n) is 2.18. The molecular formula is C15H25NO2S. The van der Waals surface area contributed by atoms with E-state index in [1.54, 1.807) is 7.11 Å².